The van der Waals surface area contributed by atoms with E-state index in [0.717, 1.165) is 11.3 Å². The molecule has 18 heavy (non-hydrogen) atoms. The molecule has 5 heteroatoms. The molecule has 1 heterocycles. The van der Waals surface area contributed by atoms with Crippen LogP contribution >= 0.6 is 22.6 Å². The maximum Gasteiger partial charge on any atom is 0.268 e. The third-order valence-corrected chi connectivity index (χ3v) is 3.74. The Kier molecular flexibility index (Phi) is 4.48. The van der Waals surface area contributed by atoms with Crippen molar-refractivity contribution >= 4 is 22.6 Å². The minimum absolute atomic E-state index is 0.0591. The first-order valence-electron chi connectivity index (χ1n) is 5.51. The molecular formula is C13H13IN2O2. The highest BCUT2D eigenvalue weighted by atomic mass is 127. The van der Waals surface area contributed by atoms with Crippen LogP contribution in [0.25, 0.3) is 0 Å². The molecule has 0 saturated carbocycles. The van der Waals surface area contributed by atoms with Gasteiger partial charge in [-0.05, 0) is 35.1 Å². The van der Waals surface area contributed by atoms with Crippen molar-refractivity contribution in [3.05, 3.63) is 61.8 Å². The Morgan fingerprint density at radius 3 is 2.78 bits per heavy atom. The highest BCUT2D eigenvalue weighted by molar-refractivity contribution is 14.1. The molecule has 0 aliphatic carbocycles. The summed E-state index contributed by atoms with van der Waals surface area (Å²) in [5.74, 6) is 0. The number of nitrogens with zero attached hydrogens (tertiary/aromatic N) is 2. The lowest BCUT2D eigenvalue weighted by Crippen LogP contribution is -2.25. The summed E-state index contributed by atoms with van der Waals surface area (Å²) in [7, 11) is 0. The first-order valence-corrected chi connectivity index (χ1v) is 6.59. The van der Waals surface area contributed by atoms with E-state index in [2.05, 4.69) is 4.98 Å². The quantitative estimate of drug-likeness (QED) is 0.790. The highest BCUT2D eigenvalue weighted by Crippen LogP contribution is 2.03. The largest absolute Gasteiger partial charge is 0.356 e. The van der Waals surface area contributed by atoms with Gasteiger partial charge in [-0.15, -0.1) is 0 Å². The predicted molar refractivity (Wildman–Crippen MR) is 77.2 cm³/mol. The Morgan fingerprint density at radius 2 is 2.06 bits per heavy atom. The number of benzene rings is 1. The Bertz CT molecular complexity index is 581. The van der Waals surface area contributed by atoms with E-state index in [0.29, 0.717) is 10.2 Å². The standard InChI is InChI=1S/C13H13IN2O2/c1-10-12(14)13(17)16(8-15-10)9-18-7-11-5-3-2-4-6-11/h2-6,8H,7,9H2,1H3. The van der Waals surface area contributed by atoms with Gasteiger partial charge in [0.25, 0.3) is 5.56 Å². The average Bonchev–Trinajstić information content (AvgIpc) is 2.40. The number of aromatic nitrogens is 2. The van der Waals surface area contributed by atoms with Crippen molar-refractivity contribution in [3.63, 3.8) is 0 Å². The van der Waals surface area contributed by atoms with Crippen LogP contribution in [-0.2, 0) is 18.1 Å². The van der Waals surface area contributed by atoms with Gasteiger partial charge in [0.2, 0.25) is 0 Å². The van der Waals surface area contributed by atoms with Crippen LogP contribution in [0, 0.1) is 10.5 Å². The molecule has 0 saturated heterocycles. The van der Waals surface area contributed by atoms with Crippen LogP contribution in [0.2, 0.25) is 0 Å². The summed E-state index contributed by atoms with van der Waals surface area (Å²) in [5.41, 5.74) is 1.77. The topological polar surface area (TPSA) is 44.1 Å². The van der Waals surface area contributed by atoms with Crippen LogP contribution in [0.1, 0.15) is 11.3 Å². The molecule has 0 fully saturated rings. The number of halogens is 1. The molecule has 0 radical (unpaired) electrons. The molecule has 0 bridgehead atoms. The van der Waals surface area contributed by atoms with E-state index in [1.54, 1.807) is 0 Å². The molecule has 4 nitrogen and oxygen atoms in total. The van der Waals surface area contributed by atoms with Gasteiger partial charge in [0.1, 0.15) is 6.73 Å². The molecule has 0 spiro atoms. The second kappa shape index (κ2) is 6.10. The van der Waals surface area contributed by atoms with Crippen molar-refractivity contribution in [2.24, 2.45) is 0 Å². The lowest BCUT2D eigenvalue weighted by Gasteiger charge is -2.08. The second-order valence-corrected chi connectivity index (χ2v) is 4.96. The predicted octanol–water partition coefficient (Wildman–Crippen LogP) is 2.33. The van der Waals surface area contributed by atoms with Crippen LogP contribution in [-0.4, -0.2) is 9.55 Å². The van der Waals surface area contributed by atoms with Gasteiger partial charge in [-0.2, -0.15) is 0 Å². The SMILES string of the molecule is Cc1ncn(COCc2ccccc2)c(=O)c1I. The molecule has 0 aliphatic rings. The fraction of sp³-hybridized carbons (Fsp3) is 0.231. The number of rotatable bonds is 4. The van der Waals surface area contributed by atoms with Crippen LogP contribution < -0.4 is 5.56 Å². The van der Waals surface area contributed by atoms with E-state index in [1.807, 2.05) is 59.8 Å². The van der Waals surface area contributed by atoms with E-state index in [-0.39, 0.29) is 12.3 Å². The Morgan fingerprint density at radius 1 is 1.33 bits per heavy atom. The zero-order chi connectivity index (χ0) is 13.0. The van der Waals surface area contributed by atoms with Gasteiger partial charge in [0.15, 0.2) is 0 Å². The highest BCUT2D eigenvalue weighted by Gasteiger charge is 2.04. The second-order valence-electron chi connectivity index (χ2n) is 3.88. The van der Waals surface area contributed by atoms with Gasteiger partial charge in [-0.3, -0.25) is 9.36 Å². The normalized spacial score (nSPS) is 10.6. The molecule has 0 atom stereocenters. The van der Waals surface area contributed by atoms with Crippen molar-refractivity contribution < 1.29 is 4.74 Å². The smallest absolute Gasteiger partial charge is 0.268 e. The fourth-order valence-corrected chi connectivity index (χ4v) is 1.92. The summed E-state index contributed by atoms with van der Waals surface area (Å²) in [5, 5.41) is 0. The number of hydrogen-bond donors (Lipinski definition) is 0. The lowest BCUT2D eigenvalue weighted by atomic mass is 10.2. The zero-order valence-electron chi connectivity index (χ0n) is 9.97. The summed E-state index contributed by atoms with van der Waals surface area (Å²) >= 11 is 2.01. The first-order chi connectivity index (χ1) is 8.68. The van der Waals surface area contributed by atoms with E-state index in [9.17, 15) is 4.79 Å². The van der Waals surface area contributed by atoms with E-state index >= 15 is 0 Å². The molecule has 1 aromatic carbocycles. The Labute approximate surface area is 119 Å². The minimum atomic E-state index is -0.0591. The maximum absolute atomic E-state index is 11.9. The Hall–Kier alpha value is -1.21. The molecule has 1 aromatic heterocycles. The molecule has 0 N–H and O–H groups in total. The van der Waals surface area contributed by atoms with Gasteiger partial charge < -0.3 is 4.74 Å². The third-order valence-electron chi connectivity index (χ3n) is 2.50. The van der Waals surface area contributed by atoms with Crippen molar-refractivity contribution in [2.75, 3.05) is 0 Å². The monoisotopic (exact) mass is 356 g/mol. The van der Waals surface area contributed by atoms with Crippen LogP contribution in [0.3, 0.4) is 0 Å². The summed E-state index contributed by atoms with van der Waals surface area (Å²) in [4.78, 5) is 16.0. The lowest BCUT2D eigenvalue weighted by molar-refractivity contribution is 0.0608. The summed E-state index contributed by atoms with van der Waals surface area (Å²) < 4.78 is 7.61. The van der Waals surface area contributed by atoms with Crippen LogP contribution in [0.5, 0.6) is 0 Å². The van der Waals surface area contributed by atoms with Gasteiger partial charge in [0.05, 0.1) is 22.2 Å². The van der Waals surface area contributed by atoms with Crippen molar-refractivity contribution in [3.8, 4) is 0 Å². The van der Waals surface area contributed by atoms with Gasteiger partial charge in [0, 0.05) is 0 Å². The molecule has 0 aliphatic heterocycles. The van der Waals surface area contributed by atoms with Gasteiger partial charge in [-0.1, -0.05) is 30.3 Å². The third kappa shape index (κ3) is 3.17. The van der Waals surface area contributed by atoms with Gasteiger partial charge in [-0.25, -0.2) is 4.98 Å². The van der Waals surface area contributed by atoms with Crippen LogP contribution in [0.15, 0.2) is 41.5 Å². The molecule has 94 valence electrons. The molecular weight excluding hydrogens is 343 g/mol. The average molecular weight is 356 g/mol. The minimum Gasteiger partial charge on any atom is -0.356 e. The van der Waals surface area contributed by atoms with E-state index in [1.165, 1.54) is 10.9 Å². The van der Waals surface area contributed by atoms with Crippen molar-refractivity contribution in [2.45, 2.75) is 20.3 Å². The number of hydrogen-bond acceptors (Lipinski definition) is 3. The molecule has 2 aromatic rings. The fourth-order valence-electron chi connectivity index (χ4n) is 1.47. The molecule has 0 unspecified atom stereocenters. The summed E-state index contributed by atoms with van der Waals surface area (Å²) in [6.45, 7) is 2.52. The maximum atomic E-state index is 11.9. The summed E-state index contributed by atoms with van der Waals surface area (Å²) in [6.07, 6.45) is 1.52. The van der Waals surface area contributed by atoms with Crippen LogP contribution in [0.4, 0.5) is 0 Å². The molecule has 2 rings (SSSR count). The zero-order valence-corrected chi connectivity index (χ0v) is 12.1. The van der Waals surface area contributed by atoms with Gasteiger partial charge >= 0.3 is 0 Å². The van der Waals surface area contributed by atoms with Crippen molar-refractivity contribution in [1.82, 2.24) is 9.55 Å². The van der Waals surface area contributed by atoms with E-state index < -0.39 is 0 Å². The summed E-state index contributed by atoms with van der Waals surface area (Å²) in [6, 6.07) is 9.85. The van der Waals surface area contributed by atoms with Crippen molar-refractivity contribution in [1.29, 1.82) is 0 Å². The number of ether oxygens (including phenoxy) is 1. The molecule has 0 amide bonds. The first kappa shape index (κ1) is 13.2. The van der Waals surface area contributed by atoms with E-state index in [4.69, 9.17) is 4.74 Å². The number of aryl methyl sites for hydroxylation is 1. The Balaban J connectivity index is 1.99.